The molecule has 1 N–H and O–H groups in total. The number of carbonyl (C=O) groups excluding carboxylic acids is 2. The molecule has 2 aromatic rings. The second-order valence-electron chi connectivity index (χ2n) is 6.34. The van der Waals surface area contributed by atoms with E-state index in [2.05, 4.69) is 12.2 Å². The second kappa shape index (κ2) is 7.75. The van der Waals surface area contributed by atoms with Gasteiger partial charge in [-0.3, -0.25) is 19.7 Å². The number of nitrogens with zero attached hydrogens (tertiary/aromatic N) is 2. The lowest BCUT2D eigenvalue weighted by atomic mass is 10.1. The molecule has 140 valence electrons. The monoisotopic (exact) mass is 387 g/mol. The number of carbonyl (C=O) groups is 2. The van der Waals surface area contributed by atoms with Gasteiger partial charge in [0.15, 0.2) is 0 Å². The Morgan fingerprint density at radius 1 is 1.30 bits per heavy atom. The molecule has 2 amide bonds. The van der Waals surface area contributed by atoms with E-state index in [1.54, 1.807) is 4.90 Å². The molecule has 0 bridgehead atoms. The summed E-state index contributed by atoms with van der Waals surface area (Å²) in [4.78, 5) is 36.7. The zero-order chi connectivity index (χ0) is 19.6. The van der Waals surface area contributed by atoms with Gasteiger partial charge in [-0.25, -0.2) is 0 Å². The van der Waals surface area contributed by atoms with E-state index in [0.29, 0.717) is 0 Å². The van der Waals surface area contributed by atoms with E-state index in [1.807, 2.05) is 24.3 Å². The van der Waals surface area contributed by atoms with Crippen molar-refractivity contribution < 1.29 is 14.5 Å². The summed E-state index contributed by atoms with van der Waals surface area (Å²) in [7, 11) is 0. The molecule has 8 heteroatoms. The third kappa shape index (κ3) is 4.09. The van der Waals surface area contributed by atoms with Gasteiger partial charge in [0, 0.05) is 30.8 Å². The van der Waals surface area contributed by atoms with Gasteiger partial charge in [-0.2, -0.15) is 0 Å². The van der Waals surface area contributed by atoms with Crippen LogP contribution >= 0.6 is 11.6 Å². The number of aryl methyl sites for hydroxylation is 1. The summed E-state index contributed by atoms with van der Waals surface area (Å²) in [5.74, 6) is -0.976. The lowest BCUT2D eigenvalue weighted by Crippen LogP contribution is -2.28. The van der Waals surface area contributed by atoms with Crippen LogP contribution in [0.15, 0.2) is 42.5 Å². The van der Waals surface area contributed by atoms with Crippen LogP contribution in [0, 0.1) is 16.0 Å². The van der Waals surface area contributed by atoms with Gasteiger partial charge in [0.1, 0.15) is 0 Å². The molecule has 0 spiro atoms. The number of rotatable bonds is 5. The van der Waals surface area contributed by atoms with Crippen molar-refractivity contribution in [2.24, 2.45) is 5.92 Å². The van der Waals surface area contributed by atoms with Gasteiger partial charge >= 0.3 is 0 Å². The third-order valence-electron chi connectivity index (χ3n) is 4.57. The minimum atomic E-state index is -0.561. The number of nitrogens with one attached hydrogen (secondary N) is 1. The van der Waals surface area contributed by atoms with E-state index in [4.69, 9.17) is 11.6 Å². The molecule has 0 saturated carbocycles. The maximum atomic E-state index is 12.5. The molecule has 1 unspecified atom stereocenters. The Morgan fingerprint density at radius 2 is 2.00 bits per heavy atom. The standard InChI is InChI=1S/C19H18ClN3O4/c1-2-12-3-5-14(6-4-12)22-11-13(9-18(22)24)19(25)21-17-8-7-15(23(26)27)10-16(17)20/h3-8,10,13H,2,9,11H2,1H3,(H,21,25). The normalized spacial score (nSPS) is 16.4. The van der Waals surface area contributed by atoms with Crippen LogP contribution in [0.3, 0.4) is 0 Å². The molecule has 1 aliphatic rings. The molecular weight excluding hydrogens is 370 g/mol. The summed E-state index contributed by atoms with van der Waals surface area (Å²) in [5, 5.41) is 13.5. The molecule has 1 heterocycles. The van der Waals surface area contributed by atoms with Crippen LogP contribution in [-0.4, -0.2) is 23.3 Å². The molecule has 1 fully saturated rings. The van der Waals surface area contributed by atoms with E-state index in [1.165, 1.54) is 23.8 Å². The van der Waals surface area contributed by atoms with Crippen molar-refractivity contribution >= 4 is 40.5 Å². The number of nitro benzene ring substituents is 1. The highest BCUT2D eigenvalue weighted by Crippen LogP contribution is 2.29. The summed E-state index contributed by atoms with van der Waals surface area (Å²) in [6.07, 6.45) is 1.02. The van der Waals surface area contributed by atoms with Gasteiger partial charge in [0.05, 0.1) is 21.6 Å². The van der Waals surface area contributed by atoms with Crippen molar-refractivity contribution in [3.8, 4) is 0 Å². The van der Waals surface area contributed by atoms with E-state index in [9.17, 15) is 19.7 Å². The molecule has 1 saturated heterocycles. The maximum absolute atomic E-state index is 12.5. The zero-order valence-corrected chi connectivity index (χ0v) is 15.4. The summed E-state index contributed by atoms with van der Waals surface area (Å²) in [6.45, 7) is 2.33. The van der Waals surface area contributed by atoms with Crippen molar-refractivity contribution in [3.63, 3.8) is 0 Å². The number of nitro groups is 1. The molecule has 27 heavy (non-hydrogen) atoms. The van der Waals surface area contributed by atoms with Crippen LogP contribution in [0.5, 0.6) is 0 Å². The Kier molecular flexibility index (Phi) is 5.41. The number of anilines is 2. The highest BCUT2D eigenvalue weighted by Gasteiger charge is 2.35. The van der Waals surface area contributed by atoms with Crippen molar-refractivity contribution in [2.75, 3.05) is 16.8 Å². The first-order chi connectivity index (χ1) is 12.9. The van der Waals surface area contributed by atoms with Gasteiger partial charge in [-0.05, 0) is 30.2 Å². The zero-order valence-electron chi connectivity index (χ0n) is 14.6. The fourth-order valence-corrected chi connectivity index (χ4v) is 3.22. The van der Waals surface area contributed by atoms with Crippen molar-refractivity contribution in [1.82, 2.24) is 0 Å². The minimum absolute atomic E-state index is 0.0777. The highest BCUT2D eigenvalue weighted by atomic mass is 35.5. The number of non-ortho nitro benzene ring substituents is 1. The van der Waals surface area contributed by atoms with Crippen LogP contribution in [0.4, 0.5) is 17.1 Å². The predicted octanol–water partition coefficient (Wildman–Crippen LogP) is 3.80. The molecule has 0 aromatic heterocycles. The van der Waals surface area contributed by atoms with E-state index < -0.39 is 10.8 Å². The Balaban J connectivity index is 1.69. The summed E-state index contributed by atoms with van der Waals surface area (Å²) < 4.78 is 0. The van der Waals surface area contributed by atoms with Gasteiger partial charge in [0.2, 0.25) is 11.8 Å². The average molecular weight is 388 g/mol. The van der Waals surface area contributed by atoms with Gasteiger partial charge in [-0.1, -0.05) is 30.7 Å². The molecule has 0 aliphatic carbocycles. The number of benzene rings is 2. The van der Waals surface area contributed by atoms with E-state index >= 15 is 0 Å². The van der Waals surface area contributed by atoms with Crippen LogP contribution in [0.2, 0.25) is 5.02 Å². The smallest absolute Gasteiger partial charge is 0.271 e. The number of hydrogen-bond donors (Lipinski definition) is 1. The van der Waals surface area contributed by atoms with Crippen LogP contribution in [-0.2, 0) is 16.0 Å². The largest absolute Gasteiger partial charge is 0.324 e. The van der Waals surface area contributed by atoms with Crippen LogP contribution < -0.4 is 10.2 Å². The van der Waals surface area contributed by atoms with Crippen molar-refractivity contribution in [2.45, 2.75) is 19.8 Å². The lowest BCUT2D eigenvalue weighted by Gasteiger charge is -2.17. The summed E-state index contributed by atoms with van der Waals surface area (Å²) >= 11 is 6.01. The lowest BCUT2D eigenvalue weighted by molar-refractivity contribution is -0.384. The minimum Gasteiger partial charge on any atom is -0.324 e. The number of hydrogen-bond acceptors (Lipinski definition) is 4. The second-order valence-corrected chi connectivity index (χ2v) is 6.74. The highest BCUT2D eigenvalue weighted by molar-refractivity contribution is 6.34. The molecule has 1 aliphatic heterocycles. The summed E-state index contributed by atoms with van der Waals surface area (Å²) in [5.41, 5.74) is 2.06. The molecule has 1 atom stereocenters. The fraction of sp³-hybridized carbons (Fsp3) is 0.263. The van der Waals surface area contributed by atoms with Crippen LogP contribution in [0.1, 0.15) is 18.9 Å². The molecule has 0 radical (unpaired) electrons. The Labute approximate surface area is 161 Å². The fourth-order valence-electron chi connectivity index (χ4n) is 3.00. The maximum Gasteiger partial charge on any atom is 0.271 e. The molecule has 3 rings (SSSR count). The first-order valence-corrected chi connectivity index (χ1v) is 8.91. The van der Waals surface area contributed by atoms with Gasteiger partial charge in [-0.15, -0.1) is 0 Å². The number of halogens is 1. The Bertz CT molecular complexity index is 898. The molecule has 7 nitrogen and oxygen atoms in total. The molecular formula is C19H18ClN3O4. The topological polar surface area (TPSA) is 92.6 Å². The van der Waals surface area contributed by atoms with Crippen molar-refractivity contribution in [3.05, 3.63) is 63.2 Å². The average Bonchev–Trinajstić information content (AvgIpc) is 3.05. The quantitative estimate of drug-likeness (QED) is 0.623. The Hall–Kier alpha value is -2.93. The predicted molar refractivity (Wildman–Crippen MR) is 103 cm³/mol. The van der Waals surface area contributed by atoms with E-state index in [0.717, 1.165) is 12.1 Å². The first-order valence-electron chi connectivity index (χ1n) is 8.53. The third-order valence-corrected chi connectivity index (χ3v) is 4.89. The van der Waals surface area contributed by atoms with Crippen molar-refractivity contribution in [1.29, 1.82) is 0 Å². The first kappa shape index (κ1) is 18.8. The number of amides is 2. The van der Waals surface area contributed by atoms with Gasteiger partial charge < -0.3 is 10.2 Å². The molecule has 2 aromatic carbocycles. The van der Waals surface area contributed by atoms with Gasteiger partial charge in [0.25, 0.3) is 5.69 Å². The van der Waals surface area contributed by atoms with Crippen LogP contribution in [0.25, 0.3) is 0 Å². The Morgan fingerprint density at radius 3 is 2.59 bits per heavy atom. The van der Waals surface area contributed by atoms with E-state index in [-0.39, 0.29) is 41.2 Å². The SMILES string of the molecule is CCc1ccc(N2CC(C(=O)Nc3ccc([N+](=O)[O-])cc3Cl)CC2=O)cc1. The summed E-state index contributed by atoms with van der Waals surface area (Å²) in [6, 6.07) is 11.5.